The van der Waals surface area contributed by atoms with Crippen molar-refractivity contribution in [2.75, 3.05) is 7.11 Å². The van der Waals surface area contributed by atoms with Crippen molar-refractivity contribution in [2.45, 2.75) is 38.0 Å². The molecule has 0 spiro atoms. The molecule has 0 aromatic rings. The normalized spacial score (nSPS) is 36.9. The predicted octanol–water partition coefficient (Wildman–Crippen LogP) is 1.21. The number of hydrogen-bond acceptors (Lipinski definition) is 4. The molecule has 0 bridgehead atoms. The van der Waals surface area contributed by atoms with Gasteiger partial charge in [0, 0.05) is 13.1 Å². The third-order valence-corrected chi connectivity index (χ3v) is 4.06. The maximum absolute atomic E-state index is 11.5. The largest absolute Gasteiger partial charge is 0.386 e. The fourth-order valence-corrected chi connectivity index (χ4v) is 2.62. The molecule has 1 heterocycles. The van der Waals surface area contributed by atoms with E-state index in [2.05, 4.69) is 16.8 Å². The summed E-state index contributed by atoms with van der Waals surface area (Å²) in [7, 11) is 3.30. The first kappa shape index (κ1) is 12.6. The molecular formula is C7H16BO4PS. The minimum atomic E-state index is -3.19. The van der Waals surface area contributed by atoms with Crippen LogP contribution in [0.4, 0.5) is 0 Å². The molecule has 1 fully saturated rings. The number of thiol groups is 1. The van der Waals surface area contributed by atoms with Crippen LogP contribution < -0.4 is 0 Å². The molecule has 1 aliphatic heterocycles. The maximum Gasteiger partial charge on any atom is 0.386 e. The Labute approximate surface area is 90.8 Å². The highest BCUT2D eigenvalue weighted by Gasteiger charge is 2.36. The van der Waals surface area contributed by atoms with Crippen LogP contribution in [0.5, 0.6) is 0 Å². The van der Waals surface area contributed by atoms with Crippen molar-refractivity contribution >= 4 is 26.9 Å². The van der Waals surface area contributed by atoms with E-state index in [9.17, 15) is 4.57 Å². The number of ether oxygens (including phenoxy) is 1. The van der Waals surface area contributed by atoms with Gasteiger partial charge in [-0.3, -0.25) is 4.52 Å². The molecule has 1 rings (SSSR count). The highest BCUT2D eigenvalue weighted by molar-refractivity contribution is 8.44. The van der Waals surface area contributed by atoms with Crippen LogP contribution in [0.3, 0.4) is 0 Å². The molecule has 0 radical (unpaired) electrons. The van der Waals surface area contributed by atoms with Crippen LogP contribution >= 0.6 is 19.0 Å². The predicted molar refractivity (Wildman–Crippen MR) is 60.6 cm³/mol. The summed E-state index contributed by atoms with van der Waals surface area (Å²) in [6, 6.07) is 0.148. The van der Waals surface area contributed by atoms with Crippen molar-refractivity contribution in [3.8, 4) is 0 Å². The Bertz CT molecular complexity index is 240. The van der Waals surface area contributed by atoms with Gasteiger partial charge in [-0.1, -0.05) is 19.2 Å². The van der Waals surface area contributed by atoms with Gasteiger partial charge in [-0.15, -0.1) is 0 Å². The van der Waals surface area contributed by atoms with Crippen LogP contribution in [-0.4, -0.2) is 33.2 Å². The van der Waals surface area contributed by atoms with Gasteiger partial charge in [0.05, 0.1) is 12.2 Å². The monoisotopic (exact) mass is 238 g/mol. The zero-order valence-corrected chi connectivity index (χ0v) is 10.5. The molecule has 1 saturated heterocycles. The van der Waals surface area contributed by atoms with Gasteiger partial charge in [0.25, 0.3) is 0 Å². The summed E-state index contributed by atoms with van der Waals surface area (Å²) in [5.74, 6) is 0. The number of rotatable bonds is 4. The van der Waals surface area contributed by atoms with E-state index in [0.29, 0.717) is 0 Å². The first-order valence-electron chi connectivity index (χ1n) is 4.71. The van der Waals surface area contributed by atoms with Crippen LogP contribution in [0, 0.1) is 0 Å². The molecule has 14 heavy (non-hydrogen) atoms. The Hall–Kier alpha value is 0.525. The average Bonchev–Trinajstić information content (AvgIpc) is 2.45. The van der Waals surface area contributed by atoms with Gasteiger partial charge in [-0.05, 0) is 12.8 Å². The van der Waals surface area contributed by atoms with E-state index >= 15 is 0 Å². The highest BCUT2D eigenvalue weighted by atomic mass is 32.7. The van der Waals surface area contributed by atoms with E-state index in [1.54, 1.807) is 0 Å². The summed E-state index contributed by atoms with van der Waals surface area (Å²) in [5.41, 5.74) is 0. The lowest BCUT2D eigenvalue weighted by atomic mass is 9.96. The highest BCUT2D eigenvalue weighted by Crippen LogP contribution is 2.54. The van der Waals surface area contributed by atoms with E-state index in [1.165, 1.54) is 7.11 Å². The van der Waals surface area contributed by atoms with Crippen molar-refractivity contribution in [1.82, 2.24) is 0 Å². The van der Waals surface area contributed by atoms with Crippen LogP contribution in [0.2, 0.25) is 0 Å². The van der Waals surface area contributed by atoms with Crippen molar-refractivity contribution in [1.29, 1.82) is 0 Å². The molecule has 4 nitrogen and oxygen atoms in total. The van der Waals surface area contributed by atoms with Gasteiger partial charge in [-0.2, -0.15) is 0 Å². The molecule has 7 heteroatoms. The Morgan fingerprint density at radius 3 is 2.86 bits per heavy atom. The first-order chi connectivity index (χ1) is 6.48. The van der Waals surface area contributed by atoms with E-state index < -0.39 is 6.80 Å². The van der Waals surface area contributed by atoms with Gasteiger partial charge in [0.2, 0.25) is 0 Å². The van der Waals surface area contributed by atoms with Crippen LogP contribution in [0.15, 0.2) is 0 Å². The Morgan fingerprint density at radius 2 is 2.36 bits per heavy atom. The zero-order valence-electron chi connectivity index (χ0n) is 8.67. The zero-order chi connectivity index (χ0) is 10.8. The average molecular weight is 238 g/mol. The van der Waals surface area contributed by atoms with Crippen molar-refractivity contribution in [3.05, 3.63) is 0 Å². The van der Waals surface area contributed by atoms with Gasteiger partial charge < -0.3 is 9.26 Å². The van der Waals surface area contributed by atoms with E-state index in [4.69, 9.17) is 9.26 Å². The Morgan fingerprint density at radius 1 is 1.71 bits per heavy atom. The van der Waals surface area contributed by atoms with Gasteiger partial charge in [-0.25, -0.2) is 4.57 Å². The standard InChI is InChI=1S/C7H16BO4PS/c1-3-5-6(4-7(8)11-5)12-13(9,14)10-2/h5-7H,3-4,8H2,1-2H3,(H,9,14)/t5-,6?,7-,13?/m1/s1. The SMILES string of the molecule is B[C@H]1CC(OP(=O)(S)OC)[C@@H](CC)O1. The summed E-state index contributed by atoms with van der Waals surface area (Å²) < 4.78 is 27.0. The Balaban J connectivity index is 2.55. The topological polar surface area (TPSA) is 44.8 Å². The van der Waals surface area contributed by atoms with Crippen LogP contribution in [-0.2, 0) is 18.3 Å². The third kappa shape index (κ3) is 3.28. The van der Waals surface area contributed by atoms with E-state index in [0.717, 1.165) is 12.8 Å². The minimum Gasteiger partial charge on any atom is -0.381 e. The number of hydrogen-bond donors (Lipinski definition) is 1. The summed E-state index contributed by atoms with van der Waals surface area (Å²) in [5, 5.41) is 0. The molecule has 82 valence electrons. The maximum atomic E-state index is 11.5. The summed E-state index contributed by atoms with van der Waals surface area (Å²) >= 11 is 3.83. The second-order valence-corrected chi connectivity index (χ2v) is 6.41. The summed E-state index contributed by atoms with van der Waals surface area (Å²) in [6.45, 7) is -1.18. The molecule has 4 atom stereocenters. The second-order valence-electron chi connectivity index (χ2n) is 3.42. The van der Waals surface area contributed by atoms with Gasteiger partial charge >= 0.3 is 6.80 Å². The van der Waals surface area contributed by atoms with Gasteiger partial charge in [0.15, 0.2) is 0 Å². The Kier molecular flexibility index (Phi) is 4.53. The lowest BCUT2D eigenvalue weighted by Gasteiger charge is -2.20. The van der Waals surface area contributed by atoms with E-state index in [-0.39, 0.29) is 18.2 Å². The molecule has 0 N–H and O–H groups in total. The quantitative estimate of drug-likeness (QED) is 0.454. The second kappa shape index (κ2) is 5.04. The molecule has 0 aromatic carbocycles. The van der Waals surface area contributed by atoms with Crippen molar-refractivity contribution in [2.24, 2.45) is 0 Å². The van der Waals surface area contributed by atoms with E-state index in [1.807, 2.05) is 14.8 Å². The summed E-state index contributed by atoms with van der Waals surface area (Å²) in [4.78, 5) is 0. The lowest BCUT2D eigenvalue weighted by molar-refractivity contribution is 0.0368. The third-order valence-electron chi connectivity index (χ3n) is 2.29. The minimum absolute atomic E-state index is 0.000579. The molecular weight excluding hydrogens is 222 g/mol. The smallest absolute Gasteiger partial charge is 0.381 e. The summed E-state index contributed by atoms with van der Waals surface area (Å²) in [6.07, 6.45) is 1.41. The molecule has 0 aromatic heterocycles. The van der Waals surface area contributed by atoms with Gasteiger partial charge in [0.1, 0.15) is 7.85 Å². The van der Waals surface area contributed by atoms with Crippen LogP contribution in [0.25, 0.3) is 0 Å². The lowest BCUT2D eigenvalue weighted by Crippen LogP contribution is -2.22. The molecule has 0 saturated carbocycles. The molecule has 2 unspecified atom stereocenters. The molecule has 1 aliphatic rings. The first-order valence-corrected chi connectivity index (χ1v) is 7.40. The molecule has 0 amide bonds. The fraction of sp³-hybridized carbons (Fsp3) is 1.00. The molecule has 0 aliphatic carbocycles. The van der Waals surface area contributed by atoms with Crippen LogP contribution in [0.1, 0.15) is 19.8 Å². The van der Waals surface area contributed by atoms with Crippen molar-refractivity contribution < 1.29 is 18.3 Å². The van der Waals surface area contributed by atoms with Crippen molar-refractivity contribution in [3.63, 3.8) is 0 Å². The fourth-order valence-electron chi connectivity index (χ4n) is 1.60.